The Morgan fingerprint density at radius 2 is 1.62 bits per heavy atom. The zero-order chi connectivity index (χ0) is 17.3. The summed E-state index contributed by atoms with van der Waals surface area (Å²) in [5, 5.41) is 3.80. The van der Waals surface area contributed by atoms with Crippen molar-refractivity contribution in [1.29, 1.82) is 0 Å². The van der Waals surface area contributed by atoms with E-state index in [0.717, 1.165) is 5.56 Å². The Bertz CT molecular complexity index is 770. The number of anilines is 1. The van der Waals surface area contributed by atoms with E-state index in [-0.39, 0.29) is 5.91 Å². The molecule has 0 unspecified atom stereocenters. The topological polar surface area (TPSA) is 47.6 Å². The second kappa shape index (κ2) is 6.54. The smallest absolute Gasteiger partial charge is 0.234 e. The summed E-state index contributed by atoms with van der Waals surface area (Å²) in [4.78, 5) is 12.8. The Kier molecular flexibility index (Phi) is 4.61. The average molecular weight is 366 g/mol. The van der Waals surface area contributed by atoms with Crippen molar-refractivity contribution in [3.63, 3.8) is 0 Å². The van der Waals surface area contributed by atoms with Crippen LogP contribution in [0.25, 0.3) is 0 Å². The molecule has 0 aliphatic carbocycles. The van der Waals surface area contributed by atoms with Crippen LogP contribution < -0.4 is 14.8 Å². The van der Waals surface area contributed by atoms with Crippen LogP contribution in [0.15, 0.2) is 36.4 Å². The fraction of sp³-hybridized carbons (Fsp3) is 0.278. The summed E-state index contributed by atoms with van der Waals surface area (Å²) < 4.78 is 11.1. The quantitative estimate of drug-likeness (QED) is 0.858. The van der Waals surface area contributed by atoms with E-state index in [0.29, 0.717) is 40.4 Å². The number of benzene rings is 2. The van der Waals surface area contributed by atoms with E-state index < -0.39 is 5.41 Å². The van der Waals surface area contributed by atoms with Crippen molar-refractivity contribution in [1.82, 2.24) is 0 Å². The maximum atomic E-state index is 12.8. The predicted octanol–water partition coefficient (Wildman–Crippen LogP) is 4.68. The molecule has 1 heterocycles. The maximum absolute atomic E-state index is 12.8. The number of carbonyl (C=O) groups excluding carboxylic acids is 1. The molecular weight excluding hydrogens is 349 g/mol. The summed E-state index contributed by atoms with van der Waals surface area (Å²) in [6.45, 7) is 4.73. The van der Waals surface area contributed by atoms with Gasteiger partial charge in [-0.2, -0.15) is 0 Å². The standard InChI is InChI=1S/C18H17Cl2NO3/c1-18(2,11-3-4-15-16(7-11)24-6-5-23-15)17(22)21-14-9-12(19)8-13(20)10-14/h3-4,7-10H,5-6H2,1-2H3,(H,21,22). The van der Waals surface area contributed by atoms with Gasteiger partial charge in [0, 0.05) is 15.7 Å². The van der Waals surface area contributed by atoms with Crippen LogP contribution in [0.4, 0.5) is 5.69 Å². The van der Waals surface area contributed by atoms with Crippen LogP contribution in [-0.4, -0.2) is 19.1 Å². The summed E-state index contributed by atoms with van der Waals surface area (Å²) in [6, 6.07) is 10.5. The first-order valence-corrected chi connectivity index (χ1v) is 8.29. The van der Waals surface area contributed by atoms with Crippen LogP contribution in [0.1, 0.15) is 19.4 Å². The molecule has 1 aliphatic rings. The lowest BCUT2D eigenvalue weighted by Crippen LogP contribution is -2.34. The van der Waals surface area contributed by atoms with Gasteiger partial charge in [0.15, 0.2) is 11.5 Å². The van der Waals surface area contributed by atoms with E-state index in [2.05, 4.69) is 5.32 Å². The highest BCUT2D eigenvalue weighted by Crippen LogP contribution is 2.36. The van der Waals surface area contributed by atoms with Crippen molar-refractivity contribution in [2.75, 3.05) is 18.5 Å². The molecule has 1 aliphatic heterocycles. The third-order valence-corrected chi connectivity index (χ3v) is 4.39. The molecule has 1 N–H and O–H groups in total. The normalized spacial score (nSPS) is 13.5. The number of nitrogens with one attached hydrogen (secondary N) is 1. The van der Waals surface area contributed by atoms with Gasteiger partial charge in [-0.05, 0) is 49.7 Å². The summed E-state index contributed by atoms with van der Waals surface area (Å²) in [7, 11) is 0. The molecule has 24 heavy (non-hydrogen) atoms. The summed E-state index contributed by atoms with van der Waals surface area (Å²) >= 11 is 12.0. The minimum Gasteiger partial charge on any atom is -0.486 e. The number of rotatable bonds is 3. The minimum absolute atomic E-state index is 0.169. The molecule has 0 saturated carbocycles. The molecule has 0 radical (unpaired) electrons. The van der Waals surface area contributed by atoms with Crippen LogP contribution in [0, 0.1) is 0 Å². The van der Waals surface area contributed by atoms with E-state index in [1.54, 1.807) is 18.2 Å². The lowest BCUT2D eigenvalue weighted by molar-refractivity contribution is -0.120. The molecule has 126 valence electrons. The summed E-state index contributed by atoms with van der Waals surface area (Å²) in [6.07, 6.45) is 0. The Hall–Kier alpha value is -1.91. The molecule has 3 rings (SSSR count). The highest BCUT2D eigenvalue weighted by atomic mass is 35.5. The number of halogens is 2. The van der Waals surface area contributed by atoms with E-state index in [4.69, 9.17) is 32.7 Å². The van der Waals surface area contributed by atoms with Crippen molar-refractivity contribution in [3.05, 3.63) is 52.0 Å². The highest BCUT2D eigenvalue weighted by molar-refractivity contribution is 6.35. The van der Waals surface area contributed by atoms with E-state index in [1.165, 1.54) is 0 Å². The van der Waals surface area contributed by atoms with Gasteiger partial charge in [0.05, 0.1) is 5.41 Å². The van der Waals surface area contributed by atoms with E-state index in [1.807, 2.05) is 32.0 Å². The van der Waals surface area contributed by atoms with Crippen LogP contribution in [0.2, 0.25) is 10.0 Å². The zero-order valence-corrected chi connectivity index (χ0v) is 14.9. The third-order valence-electron chi connectivity index (χ3n) is 3.95. The van der Waals surface area contributed by atoms with Gasteiger partial charge in [0.2, 0.25) is 5.91 Å². The SMILES string of the molecule is CC(C)(C(=O)Nc1cc(Cl)cc(Cl)c1)c1ccc2c(c1)OCCO2. The van der Waals surface area contributed by atoms with Crippen molar-refractivity contribution >= 4 is 34.8 Å². The molecule has 2 aromatic rings. The first kappa shape index (κ1) is 16.9. The van der Waals surface area contributed by atoms with Gasteiger partial charge in [-0.15, -0.1) is 0 Å². The van der Waals surface area contributed by atoms with Gasteiger partial charge in [0.1, 0.15) is 13.2 Å². The molecule has 2 aromatic carbocycles. The highest BCUT2D eigenvalue weighted by Gasteiger charge is 2.31. The number of ether oxygens (including phenoxy) is 2. The molecule has 0 aromatic heterocycles. The lowest BCUT2D eigenvalue weighted by atomic mass is 9.83. The number of fused-ring (bicyclic) bond motifs is 1. The molecular formula is C18H17Cl2NO3. The monoisotopic (exact) mass is 365 g/mol. The van der Waals surface area contributed by atoms with Crippen molar-refractivity contribution in [2.24, 2.45) is 0 Å². The lowest BCUT2D eigenvalue weighted by Gasteiger charge is -2.26. The Balaban J connectivity index is 1.85. The van der Waals surface area contributed by atoms with Gasteiger partial charge in [-0.1, -0.05) is 29.3 Å². The van der Waals surface area contributed by atoms with Crippen molar-refractivity contribution in [3.8, 4) is 11.5 Å². The van der Waals surface area contributed by atoms with Gasteiger partial charge >= 0.3 is 0 Å². The average Bonchev–Trinajstić information content (AvgIpc) is 2.53. The molecule has 0 fully saturated rings. The van der Waals surface area contributed by atoms with E-state index in [9.17, 15) is 4.79 Å². The largest absolute Gasteiger partial charge is 0.486 e. The number of hydrogen-bond acceptors (Lipinski definition) is 3. The summed E-state index contributed by atoms with van der Waals surface area (Å²) in [5.74, 6) is 1.19. The van der Waals surface area contributed by atoms with Gasteiger partial charge in [0.25, 0.3) is 0 Å². The molecule has 4 nitrogen and oxygen atoms in total. The number of amides is 1. The molecule has 0 spiro atoms. The molecule has 0 saturated heterocycles. The van der Waals surface area contributed by atoms with Crippen molar-refractivity contribution < 1.29 is 14.3 Å². The number of carbonyl (C=O) groups is 1. The van der Waals surface area contributed by atoms with Gasteiger partial charge in [-0.3, -0.25) is 4.79 Å². The van der Waals surface area contributed by atoms with Crippen LogP contribution in [0.5, 0.6) is 11.5 Å². The van der Waals surface area contributed by atoms with Crippen LogP contribution in [0.3, 0.4) is 0 Å². The van der Waals surface area contributed by atoms with Gasteiger partial charge in [-0.25, -0.2) is 0 Å². The molecule has 0 bridgehead atoms. The fourth-order valence-electron chi connectivity index (χ4n) is 2.48. The summed E-state index contributed by atoms with van der Waals surface area (Å²) in [5.41, 5.74) is 0.616. The number of hydrogen-bond donors (Lipinski definition) is 1. The molecule has 0 atom stereocenters. The zero-order valence-electron chi connectivity index (χ0n) is 13.4. The fourth-order valence-corrected chi connectivity index (χ4v) is 3.00. The maximum Gasteiger partial charge on any atom is 0.234 e. The van der Waals surface area contributed by atoms with Crippen LogP contribution >= 0.6 is 23.2 Å². The Morgan fingerprint density at radius 3 is 2.29 bits per heavy atom. The van der Waals surface area contributed by atoms with Gasteiger partial charge < -0.3 is 14.8 Å². The van der Waals surface area contributed by atoms with E-state index >= 15 is 0 Å². The predicted molar refractivity (Wildman–Crippen MR) is 95.5 cm³/mol. The molecule has 1 amide bonds. The van der Waals surface area contributed by atoms with Crippen LogP contribution in [-0.2, 0) is 10.2 Å². The second-order valence-corrected chi connectivity index (χ2v) is 6.97. The third kappa shape index (κ3) is 3.45. The Morgan fingerprint density at radius 1 is 1.00 bits per heavy atom. The molecule has 6 heteroatoms. The first-order valence-electron chi connectivity index (χ1n) is 7.54. The Labute approximate surface area is 150 Å². The second-order valence-electron chi connectivity index (χ2n) is 6.10. The minimum atomic E-state index is -0.773. The van der Waals surface area contributed by atoms with Crippen molar-refractivity contribution in [2.45, 2.75) is 19.3 Å². The first-order chi connectivity index (χ1) is 11.4.